The molecule has 0 aliphatic carbocycles. The second-order valence-electron chi connectivity index (χ2n) is 5.22. The molecule has 1 saturated heterocycles. The molecule has 1 heterocycles. The fourth-order valence-electron chi connectivity index (χ4n) is 2.69. The van der Waals surface area contributed by atoms with Crippen LogP contribution in [0.1, 0.15) is 11.6 Å². The minimum absolute atomic E-state index is 0.480. The molecule has 1 aromatic carbocycles. The van der Waals surface area contributed by atoms with E-state index >= 15 is 0 Å². The SMILES string of the molecule is C=CCN(C)C[C@H](c1ccccc1)N1CCNCC1. The number of hydrogen-bond donors (Lipinski definition) is 1. The summed E-state index contributed by atoms with van der Waals surface area (Å²) in [6.07, 6.45) is 1.97. The molecule has 2 rings (SSSR count). The highest BCUT2D eigenvalue weighted by molar-refractivity contribution is 5.19. The smallest absolute Gasteiger partial charge is 0.0476 e. The molecule has 1 aliphatic rings. The lowest BCUT2D eigenvalue weighted by atomic mass is 10.0. The highest BCUT2D eigenvalue weighted by atomic mass is 15.2. The Morgan fingerprint density at radius 3 is 2.63 bits per heavy atom. The van der Waals surface area contributed by atoms with Crippen LogP contribution in [0.25, 0.3) is 0 Å². The first-order valence-corrected chi connectivity index (χ1v) is 7.10. The summed E-state index contributed by atoms with van der Waals surface area (Å²) >= 11 is 0. The zero-order valence-corrected chi connectivity index (χ0v) is 11.9. The average molecular weight is 259 g/mol. The van der Waals surface area contributed by atoms with Crippen LogP contribution in [0.5, 0.6) is 0 Å². The monoisotopic (exact) mass is 259 g/mol. The zero-order valence-electron chi connectivity index (χ0n) is 11.9. The van der Waals surface area contributed by atoms with Crippen molar-refractivity contribution in [1.29, 1.82) is 0 Å². The van der Waals surface area contributed by atoms with Crippen molar-refractivity contribution in [2.45, 2.75) is 6.04 Å². The fourth-order valence-corrected chi connectivity index (χ4v) is 2.69. The molecule has 104 valence electrons. The predicted molar refractivity (Wildman–Crippen MR) is 81.3 cm³/mol. The molecule has 1 fully saturated rings. The second-order valence-corrected chi connectivity index (χ2v) is 5.22. The third-order valence-corrected chi connectivity index (χ3v) is 3.70. The number of nitrogens with zero attached hydrogens (tertiary/aromatic N) is 2. The second kappa shape index (κ2) is 7.43. The van der Waals surface area contributed by atoms with Crippen LogP contribution in [0.3, 0.4) is 0 Å². The van der Waals surface area contributed by atoms with E-state index in [-0.39, 0.29) is 0 Å². The molecule has 19 heavy (non-hydrogen) atoms. The van der Waals surface area contributed by atoms with Crippen LogP contribution < -0.4 is 5.32 Å². The van der Waals surface area contributed by atoms with Crippen LogP contribution in [0.2, 0.25) is 0 Å². The Bertz CT molecular complexity index is 371. The van der Waals surface area contributed by atoms with Crippen LogP contribution >= 0.6 is 0 Å². The summed E-state index contributed by atoms with van der Waals surface area (Å²) < 4.78 is 0. The molecule has 1 atom stereocenters. The predicted octanol–water partition coefficient (Wildman–Crippen LogP) is 1.75. The van der Waals surface area contributed by atoms with Gasteiger partial charge in [0.2, 0.25) is 0 Å². The summed E-state index contributed by atoms with van der Waals surface area (Å²) in [7, 11) is 2.17. The summed E-state index contributed by atoms with van der Waals surface area (Å²) in [5, 5.41) is 3.43. The zero-order chi connectivity index (χ0) is 13.5. The van der Waals surface area contributed by atoms with Crippen molar-refractivity contribution in [3.63, 3.8) is 0 Å². The van der Waals surface area contributed by atoms with E-state index in [1.165, 1.54) is 5.56 Å². The van der Waals surface area contributed by atoms with E-state index in [0.717, 1.165) is 39.3 Å². The van der Waals surface area contributed by atoms with E-state index in [9.17, 15) is 0 Å². The minimum atomic E-state index is 0.480. The largest absolute Gasteiger partial charge is 0.314 e. The molecule has 0 radical (unpaired) electrons. The first-order chi connectivity index (χ1) is 9.31. The Hall–Kier alpha value is -1.16. The summed E-state index contributed by atoms with van der Waals surface area (Å²) in [6, 6.07) is 11.3. The molecule has 1 aliphatic heterocycles. The lowest BCUT2D eigenvalue weighted by molar-refractivity contribution is 0.140. The quantitative estimate of drug-likeness (QED) is 0.785. The van der Waals surface area contributed by atoms with E-state index in [0.29, 0.717) is 6.04 Å². The first kappa shape index (κ1) is 14.3. The third kappa shape index (κ3) is 4.16. The van der Waals surface area contributed by atoms with Crippen LogP contribution in [0, 0.1) is 0 Å². The van der Waals surface area contributed by atoms with Gasteiger partial charge in [-0.3, -0.25) is 4.90 Å². The molecule has 3 heteroatoms. The maximum absolute atomic E-state index is 3.83. The average Bonchev–Trinajstić information content (AvgIpc) is 2.47. The molecule has 0 saturated carbocycles. The summed E-state index contributed by atoms with van der Waals surface area (Å²) in [5.74, 6) is 0. The topological polar surface area (TPSA) is 18.5 Å². The first-order valence-electron chi connectivity index (χ1n) is 7.10. The molecule has 0 bridgehead atoms. The molecular weight excluding hydrogens is 234 g/mol. The molecule has 1 aromatic rings. The van der Waals surface area contributed by atoms with Crippen molar-refractivity contribution in [2.75, 3.05) is 46.3 Å². The molecule has 1 N–H and O–H groups in total. The van der Waals surface area contributed by atoms with Crippen molar-refractivity contribution in [3.8, 4) is 0 Å². The number of likely N-dealkylation sites (N-methyl/N-ethyl adjacent to an activating group) is 1. The Morgan fingerprint density at radius 1 is 1.32 bits per heavy atom. The van der Waals surface area contributed by atoms with Gasteiger partial charge in [0.25, 0.3) is 0 Å². The van der Waals surface area contributed by atoms with Crippen molar-refractivity contribution >= 4 is 0 Å². The molecule has 3 nitrogen and oxygen atoms in total. The Morgan fingerprint density at radius 2 is 2.00 bits per heavy atom. The van der Waals surface area contributed by atoms with Gasteiger partial charge in [-0.2, -0.15) is 0 Å². The van der Waals surface area contributed by atoms with Crippen LogP contribution in [-0.2, 0) is 0 Å². The van der Waals surface area contributed by atoms with Crippen molar-refractivity contribution in [3.05, 3.63) is 48.6 Å². The van der Waals surface area contributed by atoms with E-state index < -0.39 is 0 Å². The van der Waals surface area contributed by atoms with Crippen molar-refractivity contribution in [2.24, 2.45) is 0 Å². The van der Waals surface area contributed by atoms with Gasteiger partial charge in [0.15, 0.2) is 0 Å². The van der Waals surface area contributed by atoms with E-state index in [2.05, 4.69) is 59.1 Å². The van der Waals surface area contributed by atoms with Gasteiger partial charge in [-0.05, 0) is 12.6 Å². The number of piperazine rings is 1. The summed E-state index contributed by atoms with van der Waals surface area (Å²) in [5.41, 5.74) is 1.42. The highest BCUT2D eigenvalue weighted by Gasteiger charge is 2.22. The van der Waals surface area contributed by atoms with Gasteiger partial charge < -0.3 is 10.2 Å². The number of rotatable bonds is 6. The summed E-state index contributed by atoms with van der Waals surface area (Å²) in [6.45, 7) is 10.3. The third-order valence-electron chi connectivity index (χ3n) is 3.70. The normalized spacial score (nSPS) is 18.4. The Balaban J connectivity index is 2.10. The van der Waals surface area contributed by atoms with Crippen molar-refractivity contribution < 1.29 is 0 Å². The Kier molecular flexibility index (Phi) is 5.58. The number of benzene rings is 1. The van der Waals surface area contributed by atoms with Gasteiger partial charge in [0, 0.05) is 45.3 Å². The van der Waals surface area contributed by atoms with Crippen molar-refractivity contribution in [1.82, 2.24) is 15.1 Å². The maximum Gasteiger partial charge on any atom is 0.0476 e. The fraction of sp³-hybridized carbons (Fsp3) is 0.500. The van der Waals surface area contributed by atoms with Gasteiger partial charge in [0.05, 0.1) is 0 Å². The van der Waals surface area contributed by atoms with Gasteiger partial charge in [0.1, 0.15) is 0 Å². The lowest BCUT2D eigenvalue weighted by Crippen LogP contribution is -2.47. The van der Waals surface area contributed by atoms with Gasteiger partial charge in [-0.25, -0.2) is 0 Å². The van der Waals surface area contributed by atoms with Crippen LogP contribution in [0.15, 0.2) is 43.0 Å². The molecular formula is C16H25N3. The number of nitrogens with one attached hydrogen (secondary N) is 1. The Labute approximate surface area is 116 Å². The number of hydrogen-bond acceptors (Lipinski definition) is 3. The standard InChI is InChI=1S/C16H25N3/c1-3-11-18(2)14-16(15-7-5-4-6-8-15)19-12-9-17-10-13-19/h3-8,16-17H,1,9-14H2,2H3/t16-/m1/s1. The maximum atomic E-state index is 3.83. The lowest BCUT2D eigenvalue weighted by Gasteiger charge is -2.37. The van der Waals surface area contributed by atoms with Crippen LogP contribution in [0.4, 0.5) is 0 Å². The summed E-state index contributed by atoms with van der Waals surface area (Å²) in [4.78, 5) is 4.93. The highest BCUT2D eigenvalue weighted by Crippen LogP contribution is 2.21. The van der Waals surface area contributed by atoms with Crippen LogP contribution in [-0.4, -0.2) is 56.1 Å². The minimum Gasteiger partial charge on any atom is -0.314 e. The van der Waals surface area contributed by atoms with E-state index in [4.69, 9.17) is 0 Å². The van der Waals surface area contributed by atoms with E-state index in [1.807, 2.05) is 6.08 Å². The van der Waals surface area contributed by atoms with Gasteiger partial charge in [-0.15, -0.1) is 6.58 Å². The van der Waals surface area contributed by atoms with Gasteiger partial charge in [-0.1, -0.05) is 36.4 Å². The van der Waals surface area contributed by atoms with E-state index in [1.54, 1.807) is 0 Å². The molecule has 0 unspecified atom stereocenters. The molecule has 0 amide bonds. The van der Waals surface area contributed by atoms with Gasteiger partial charge >= 0.3 is 0 Å². The molecule has 0 aromatic heterocycles. The molecule has 0 spiro atoms.